The third-order valence-electron chi connectivity index (χ3n) is 4.69. The Bertz CT molecular complexity index is 497. The highest BCUT2D eigenvalue weighted by Gasteiger charge is 2.29. The molecule has 0 atom stereocenters. The summed E-state index contributed by atoms with van der Waals surface area (Å²) >= 11 is 1.89. The minimum atomic E-state index is 0.0502. The van der Waals surface area contributed by atoms with Crippen molar-refractivity contribution in [1.29, 1.82) is 0 Å². The number of urea groups is 1. The Kier molecular flexibility index (Phi) is 5.33. The molecule has 0 bridgehead atoms. The molecule has 1 fully saturated rings. The number of amides is 2. The Morgan fingerprint density at radius 3 is 3.00 bits per heavy atom. The maximum absolute atomic E-state index is 12.0. The molecule has 0 aromatic carbocycles. The number of nitrogens with one attached hydrogen (secondary N) is 1. The van der Waals surface area contributed by atoms with Crippen LogP contribution in [0.1, 0.15) is 23.3 Å². The van der Waals surface area contributed by atoms with Crippen LogP contribution in [0.2, 0.25) is 0 Å². The van der Waals surface area contributed by atoms with Crippen LogP contribution in [0.4, 0.5) is 4.79 Å². The normalized spacial score (nSPS) is 20.0. The van der Waals surface area contributed by atoms with Crippen molar-refractivity contribution in [2.45, 2.75) is 31.8 Å². The molecule has 22 heavy (non-hydrogen) atoms. The van der Waals surface area contributed by atoms with Gasteiger partial charge in [-0.1, -0.05) is 0 Å². The van der Waals surface area contributed by atoms with Crippen LogP contribution in [0.3, 0.4) is 0 Å². The summed E-state index contributed by atoms with van der Waals surface area (Å²) < 4.78 is 4.96. The number of thiophene rings is 1. The number of nitrogens with zero attached hydrogens (tertiary/aromatic N) is 2. The molecule has 2 amide bonds. The van der Waals surface area contributed by atoms with Crippen molar-refractivity contribution in [2.24, 2.45) is 0 Å². The van der Waals surface area contributed by atoms with Crippen molar-refractivity contribution in [1.82, 2.24) is 15.1 Å². The lowest BCUT2D eigenvalue weighted by molar-refractivity contribution is 0.107. The zero-order valence-corrected chi connectivity index (χ0v) is 14.0. The van der Waals surface area contributed by atoms with Crippen LogP contribution in [0.15, 0.2) is 11.4 Å². The van der Waals surface area contributed by atoms with Gasteiger partial charge in [-0.3, -0.25) is 4.90 Å². The minimum absolute atomic E-state index is 0.0502. The van der Waals surface area contributed by atoms with E-state index < -0.39 is 0 Å². The summed E-state index contributed by atoms with van der Waals surface area (Å²) in [5.41, 5.74) is 1.51. The van der Waals surface area contributed by atoms with E-state index in [4.69, 9.17) is 4.74 Å². The maximum atomic E-state index is 12.0. The summed E-state index contributed by atoms with van der Waals surface area (Å²) in [5.74, 6) is 0. The fourth-order valence-corrected chi connectivity index (χ4v) is 4.28. The molecule has 0 aliphatic carbocycles. The summed E-state index contributed by atoms with van der Waals surface area (Å²) in [7, 11) is 1.65. The lowest BCUT2D eigenvalue weighted by Crippen LogP contribution is -2.50. The first-order valence-corrected chi connectivity index (χ1v) is 8.97. The molecule has 1 aromatic rings. The molecule has 0 spiro atoms. The lowest BCUT2D eigenvalue weighted by Gasteiger charge is -2.40. The first-order chi connectivity index (χ1) is 10.8. The van der Waals surface area contributed by atoms with Gasteiger partial charge >= 0.3 is 6.03 Å². The van der Waals surface area contributed by atoms with E-state index >= 15 is 0 Å². The number of likely N-dealkylation sites (tertiary alicyclic amines) is 1. The van der Waals surface area contributed by atoms with Gasteiger partial charge in [0.15, 0.2) is 0 Å². The number of hydrogen-bond donors (Lipinski definition) is 1. The standard InChI is InChI=1S/C16H25N3O2S/c1-21-10-6-17-16(20)18-7-2-14(3-8-18)19-9-4-15-13(12-19)5-11-22-15/h5,11,14H,2-4,6-10,12H2,1H3,(H,17,20). The number of piperidine rings is 1. The molecule has 6 heteroatoms. The van der Waals surface area contributed by atoms with Crippen molar-refractivity contribution in [3.05, 3.63) is 21.9 Å². The quantitative estimate of drug-likeness (QED) is 0.861. The van der Waals surface area contributed by atoms with E-state index in [0.717, 1.165) is 39.0 Å². The smallest absolute Gasteiger partial charge is 0.317 e. The highest BCUT2D eigenvalue weighted by Crippen LogP contribution is 2.27. The molecule has 2 aliphatic heterocycles. The molecule has 3 rings (SSSR count). The van der Waals surface area contributed by atoms with Crippen molar-refractivity contribution in [3.63, 3.8) is 0 Å². The largest absolute Gasteiger partial charge is 0.383 e. The summed E-state index contributed by atoms with van der Waals surface area (Å²) in [6.07, 6.45) is 3.35. The second kappa shape index (κ2) is 7.44. The van der Waals surface area contributed by atoms with Crippen molar-refractivity contribution in [2.75, 3.05) is 39.9 Å². The van der Waals surface area contributed by atoms with Crippen molar-refractivity contribution >= 4 is 17.4 Å². The Morgan fingerprint density at radius 2 is 2.23 bits per heavy atom. The minimum Gasteiger partial charge on any atom is -0.383 e. The molecule has 3 heterocycles. The van der Waals surface area contributed by atoms with Crippen LogP contribution >= 0.6 is 11.3 Å². The number of carbonyl (C=O) groups is 1. The molecule has 1 aromatic heterocycles. The van der Waals surface area contributed by atoms with Crippen LogP contribution < -0.4 is 5.32 Å². The Labute approximate surface area is 136 Å². The third-order valence-corrected chi connectivity index (χ3v) is 5.71. The van der Waals surface area contributed by atoms with E-state index in [0.29, 0.717) is 19.2 Å². The van der Waals surface area contributed by atoms with Crippen molar-refractivity contribution < 1.29 is 9.53 Å². The fraction of sp³-hybridized carbons (Fsp3) is 0.688. The van der Waals surface area contributed by atoms with Gasteiger partial charge in [0.2, 0.25) is 0 Å². The van der Waals surface area contributed by atoms with E-state index in [2.05, 4.69) is 21.7 Å². The molecule has 1 N–H and O–H groups in total. The third kappa shape index (κ3) is 3.62. The Balaban J connectivity index is 1.45. The average Bonchev–Trinajstić information content (AvgIpc) is 3.02. The van der Waals surface area contributed by atoms with E-state index in [1.165, 1.54) is 12.0 Å². The first kappa shape index (κ1) is 15.8. The van der Waals surface area contributed by atoms with Gasteiger partial charge < -0.3 is 15.0 Å². The van der Waals surface area contributed by atoms with E-state index in [1.54, 1.807) is 12.0 Å². The predicted molar refractivity (Wildman–Crippen MR) is 88.3 cm³/mol. The molecule has 0 unspecified atom stereocenters. The molecule has 1 saturated heterocycles. The van der Waals surface area contributed by atoms with Gasteiger partial charge in [0.05, 0.1) is 6.61 Å². The van der Waals surface area contributed by atoms with Gasteiger partial charge in [-0.05, 0) is 36.3 Å². The Morgan fingerprint density at radius 1 is 1.41 bits per heavy atom. The molecular weight excluding hydrogens is 298 g/mol. The number of methoxy groups -OCH3 is 1. The predicted octanol–water partition coefficient (Wildman–Crippen LogP) is 1.93. The summed E-state index contributed by atoms with van der Waals surface area (Å²) in [4.78, 5) is 18.1. The zero-order valence-electron chi connectivity index (χ0n) is 13.2. The lowest BCUT2D eigenvalue weighted by atomic mass is 10.00. The van der Waals surface area contributed by atoms with Crippen LogP contribution in [0, 0.1) is 0 Å². The second-order valence-corrected chi connectivity index (χ2v) is 7.03. The first-order valence-electron chi connectivity index (χ1n) is 8.09. The van der Waals surface area contributed by atoms with Crippen LogP contribution in [0.25, 0.3) is 0 Å². The topological polar surface area (TPSA) is 44.8 Å². The van der Waals surface area contributed by atoms with Gasteiger partial charge in [0.25, 0.3) is 0 Å². The zero-order chi connectivity index (χ0) is 15.4. The number of hydrogen-bond acceptors (Lipinski definition) is 4. The molecule has 122 valence electrons. The number of ether oxygens (including phenoxy) is 1. The second-order valence-electron chi connectivity index (χ2n) is 6.03. The Hall–Kier alpha value is -1.11. The van der Waals surface area contributed by atoms with Gasteiger partial charge in [0.1, 0.15) is 0 Å². The highest BCUT2D eigenvalue weighted by atomic mass is 32.1. The monoisotopic (exact) mass is 323 g/mol. The summed E-state index contributed by atoms with van der Waals surface area (Å²) in [6, 6.07) is 2.94. The molecule has 0 radical (unpaired) electrons. The van der Waals surface area contributed by atoms with Gasteiger partial charge in [-0.25, -0.2) is 4.79 Å². The molecule has 2 aliphatic rings. The van der Waals surface area contributed by atoms with Gasteiger partial charge in [0, 0.05) is 50.8 Å². The molecule has 0 saturated carbocycles. The maximum Gasteiger partial charge on any atom is 0.317 e. The van der Waals surface area contributed by atoms with E-state index in [1.807, 2.05) is 16.2 Å². The fourth-order valence-electron chi connectivity index (χ4n) is 3.39. The van der Waals surface area contributed by atoms with E-state index in [9.17, 15) is 4.79 Å². The number of carbonyl (C=O) groups excluding carboxylic acids is 1. The van der Waals surface area contributed by atoms with Crippen LogP contribution in [0.5, 0.6) is 0 Å². The number of fused-ring (bicyclic) bond motifs is 1. The SMILES string of the molecule is COCCNC(=O)N1CCC(N2CCc3sccc3C2)CC1. The average molecular weight is 323 g/mol. The van der Waals surface area contributed by atoms with Crippen LogP contribution in [-0.2, 0) is 17.7 Å². The molecular formula is C16H25N3O2S. The van der Waals surface area contributed by atoms with Crippen LogP contribution in [-0.4, -0.2) is 61.8 Å². The van der Waals surface area contributed by atoms with Crippen molar-refractivity contribution in [3.8, 4) is 0 Å². The highest BCUT2D eigenvalue weighted by molar-refractivity contribution is 7.10. The summed E-state index contributed by atoms with van der Waals surface area (Å²) in [5, 5.41) is 5.12. The van der Waals surface area contributed by atoms with E-state index in [-0.39, 0.29) is 6.03 Å². The number of rotatable bonds is 4. The van der Waals surface area contributed by atoms with Gasteiger partial charge in [-0.2, -0.15) is 0 Å². The van der Waals surface area contributed by atoms with Gasteiger partial charge in [-0.15, -0.1) is 11.3 Å². The molecule has 5 nitrogen and oxygen atoms in total. The summed E-state index contributed by atoms with van der Waals surface area (Å²) in [6.45, 7) is 5.12.